The van der Waals surface area contributed by atoms with Gasteiger partial charge < -0.3 is 14.8 Å². The number of para-hydroxylation sites is 4. The number of carbonyl (C=O) groups excluding carboxylic acids is 1. The third-order valence-corrected chi connectivity index (χ3v) is 6.97. The summed E-state index contributed by atoms with van der Waals surface area (Å²) in [5.74, 6) is 1.31. The van der Waals surface area contributed by atoms with Crippen molar-refractivity contribution in [3.8, 4) is 17.2 Å². The molecular weight excluding hydrogens is 524 g/mol. The number of halogens is 1. The smallest absolute Gasteiger partial charge is 0.251 e. The van der Waals surface area contributed by atoms with Crippen LogP contribution in [-0.4, -0.2) is 33.7 Å². The van der Waals surface area contributed by atoms with E-state index in [1.807, 2.05) is 30.3 Å². The predicted octanol–water partition coefficient (Wildman–Crippen LogP) is 5.91. The molecule has 0 bridgehead atoms. The SMILES string of the molecule is CS(=O)(=O)N(Cc1ccc(C(=O)NCCOc2ccccc2Cl)cc1)c1ccccc1Oc1ccccc1. The second kappa shape index (κ2) is 12.5. The molecule has 0 aliphatic heterocycles. The van der Waals surface area contributed by atoms with Crippen LogP contribution in [0, 0.1) is 0 Å². The molecule has 1 N–H and O–H groups in total. The highest BCUT2D eigenvalue weighted by Crippen LogP contribution is 2.34. The summed E-state index contributed by atoms with van der Waals surface area (Å²) in [5.41, 5.74) is 1.58. The second-order valence-corrected chi connectivity index (χ2v) is 10.7. The van der Waals surface area contributed by atoms with Crippen molar-refractivity contribution in [3.05, 3.63) is 119 Å². The van der Waals surface area contributed by atoms with Crippen LogP contribution in [0.25, 0.3) is 0 Å². The molecule has 0 radical (unpaired) electrons. The van der Waals surface area contributed by atoms with E-state index in [4.69, 9.17) is 21.1 Å². The van der Waals surface area contributed by atoms with Crippen molar-refractivity contribution < 1.29 is 22.7 Å². The van der Waals surface area contributed by atoms with E-state index in [-0.39, 0.29) is 19.1 Å². The summed E-state index contributed by atoms with van der Waals surface area (Å²) in [4.78, 5) is 12.5. The van der Waals surface area contributed by atoms with E-state index >= 15 is 0 Å². The summed E-state index contributed by atoms with van der Waals surface area (Å²) in [7, 11) is -3.65. The van der Waals surface area contributed by atoms with Gasteiger partial charge in [0.05, 0.1) is 30.1 Å². The first kappa shape index (κ1) is 27.0. The van der Waals surface area contributed by atoms with Crippen molar-refractivity contribution in [2.45, 2.75) is 6.54 Å². The van der Waals surface area contributed by atoms with Gasteiger partial charge in [0.2, 0.25) is 10.0 Å². The molecule has 196 valence electrons. The van der Waals surface area contributed by atoms with Crippen molar-refractivity contribution in [3.63, 3.8) is 0 Å². The number of nitrogens with zero attached hydrogens (tertiary/aromatic N) is 1. The van der Waals surface area contributed by atoms with E-state index in [0.717, 1.165) is 6.26 Å². The van der Waals surface area contributed by atoms with Gasteiger partial charge in [-0.1, -0.05) is 66.2 Å². The summed E-state index contributed by atoms with van der Waals surface area (Å²) in [6.45, 7) is 0.634. The fraction of sp³-hybridized carbons (Fsp3) is 0.138. The molecule has 38 heavy (non-hydrogen) atoms. The van der Waals surface area contributed by atoms with Crippen LogP contribution >= 0.6 is 11.6 Å². The molecule has 0 saturated carbocycles. The molecule has 0 atom stereocenters. The minimum atomic E-state index is -3.65. The van der Waals surface area contributed by atoms with Gasteiger partial charge in [-0.2, -0.15) is 0 Å². The van der Waals surface area contributed by atoms with Crippen LogP contribution in [0.15, 0.2) is 103 Å². The highest BCUT2D eigenvalue weighted by Gasteiger charge is 2.22. The van der Waals surface area contributed by atoms with Crippen molar-refractivity contribution in [1.82, 2.24) is 5.32 Å². The summed E-state index contributed by atoms with van der Waals surface area (Å²) < 4.78 is 38.4. The van der Waals surface area contributed by atoms with Gasteiger partial charge in [-0.25, -0.2) is 8.42 Å². The van der Waals surface area contributed by atoms with Crippen molar-refractivity contribution in [2.24, 2.45) is 0 Å². The lowest BCUT2D eigenvalue weighted by atomic mass is 10.1. The predicted molar refractivity (Wildman–Crippen MR) is 150 cm³/mol. The minimum absolute atomic E-state index is 0.0710. The molecule has 4 aromatic carbocycles. The topological polar surface area (TPSA) is 84.9 Å². The number of anilines is 1. The zero-order valence-corrected chi connectivity index (χ0v) is 22.3. The van der Waals surface area contributed by atoms with Crippen molar-refractivity contribution >= 4 is 33.2 Å². The quantitative estimate of drug-likeness (QED) is 0.235. The van der Waals surface area contributed by atoms with E-state index in [9.17, 15) is 13.2 Å². The van der Waals surface area contributed by atoms with Gasteiger partial charge in [0.15, 0.2) is 5.75 Å². The second-order valence-electron chi connectivity index (χ2n) is 8.38. The summed E-state index contributed by atoms with van der Waals surface area (Å²) in [6.07, 6.45) is 1.15. The summed E-state index contributed by atoms with van der Waals surface area (Å²) >= 11 is 6.06. The van der Waals surface area contributed by atoms with Gasteiger partial charge in [0, 0.05) is 5.56 Å². The van der Waals surface area contributed by atoms with E-state index in [0.29, 0.717) is 45.6 Å². The first-order valence-electron chi connectivity index (χ1n) is 11.9. The van der Waals surface area contributed by atoms with Crippen LogP contribution in [0.3, 0.4) is 0 Å². The van der Waals surface area contributed by atoms with Crippen LogP contribution in [0.1, 0.15) is 15.9 Å². The molecule has 0 aliphatic rings. The zero-order valence-electron chi connectivity index (χ0n) is 20.7. The minimum Gasteiger partial charge on any atom is -0.490 e. The Balaban J connectivity index is 1.41. The van der Waals surface area contributed by atoms with Crippen LogP contribution in [0.4, 0.5) is 5.69 Å². The van der Waals surface area contributed by atoms with Gasteiger partial charge in [-0.05, 0) is 54.1 Å². The van der Waals surface area contributed by atoms with E-state index < -0.39 is 10.0 Å². The van der Waals surface area contributed by atoms with Crippen LogP contribution in [0.5, 0.6) is 17.2 Å². The number of rotatable bonds is 11. The molecule has 0 spiro atoms. The van der Waals surface area contributed by atoms with Crippen molar-refractivity contribution in [2.75, 3.05) is 23.7 Å². The number of ether oxygens (including phenoxy) is 2. The summed E-state index contributed by atoms with van der Waals surface area (Å²) in [6, 6.07) is 30.0. The Hall–Kier alpha value is -4.01. The maximum Gasteiger partial charge on any atom is 0.251 e. The normalized spacial score (nSPS) is 11.0. The first-order chi connectivity index (χ1) is 18.3. The molecule has 4 rings (SSSR count). The third kappa shape index (κ3) is 7.27. The molecule has 1 amide bonds. The van der Waals surface area contributed by atoms with E-state index in [1.54, 1.807) is 72.8 Å². The lowest BCUT2D eigenvalue weighted by molar-refractivity contribution is 0.0947. The van der Waals surface area contributed by atoms with Gasteiger partial charge >= 0.3 is 0 Å². The standard InChI is InChI=1S/C29H27ClN2O5S/c1-38(34,35)32(26-12-6-8-14-28(26)37-24-9-3-2-4-10-24)21-22-15-17-23(18-16-22)29(33)31-19-20-36-27-13-7-5-11-25(27)30/h2-18H,19-21H2,1H3,(H,31,33). The molecule has 0 fully saturated rings. The lowest BCUT2D eigenvalue weighted by Gasteiger charge is -2.25. The van der Waals surface area contributed by atoms with Crippen LogP contribution < -0.4 is 19.1 Å². The number of nitrogens with one attached hydrogen (secondary N) is 1. The average molecular weight is 551 g/mol. The maximum atomic E-state index is 12.8. The fourth-order valence-electron chi connectivity index (χ4n) is 3.66. The third-order valence-electron chi connectivity index (χ3n) is 5.53. The van der Waals surface area contributed by atoms with Crippen LogP contribution in [0.2, 0.25) is 5.02 Å². The Morgan fingerprint density at radius 1 is 0.842 bits per heavy atom. The van der Waals surface area contributed by atoms with Gasteiger partial charge in [-0.15, -0.1) is 0 Å². The van der Waals surface area contributed by atoms with Gasteiger partial charge in [0.1, 0.15) is 18.1 Å². The first-order valence-corrected chi connectivity index (χ1v) is 14.1. The lowest BCUT2D eigenvalue weighted by Crippen LogP contribution is -2.30. The van der Waals surface area contributed by atoms with E-state index in [2.05, 4.69) is 5.32 Å². The van der Waals surface area contributed by atoms with Crippen molar-refractivity contribution in [1.29, 1.82) is 0 Å². The Bertz CT molecular complexity index is 1480. The number of hydrogen-bond donors (Lipinski definition) is 1. The zero-order chi connectivity index (χ0) is 27.0. The number of benzene rings is 4. The molecular formula is C29H27ClN2O5S. The molecule has 9 heteroatoms. The Kier molecular flexibility index (Phi) is 8.89. The van der Waals surface area contributed by atoms with Gasteiger partial charge in [-0.3, -0.25) is 9.10 Å². The largest absolute Gasteiger partial charge is 0.490 e. The monoisotopic (exact) mass is 550 g/mol. The number of sulfonamides is 1. The number of amides is 1. The molecule has 7 nitrogen and oxygen atoms in total. The highest BCUT2D eigenvalue weighted by molar-refractivity contribution is 7.92. The fourth-order valence-corrected chi connectivity index (χ4v) is 4.74. The average Bonchev–Trinajstić information content (AvgIpc) is 2.91. The molecule has 0 aromatic heterocycles. The van der Waals surface area contributed by atoms with Gasteiger partial charge in [0.25, 0.3) is 5.91 Å². The molecule has 0 heterocycles. The highest BCUT2D eigenvalue weighted by atomic mass is 35.5. The number of carbonyl (C=O) groups is 1. The Morgan fingerprint density at radius 2 is 1.47 bits per heavy atom. The number of hydrogen-bond acceptors (Lipinski definition) is 5. The molecule has 0 saturated heterocycles. The Morgan fingerprint density at radius 3 is 2.16 bits per heavy atom. The maximum absolute atomic E-state index is 12.8. The Labute approximate surface area is 227 Å². The van der Waals surface area contributed by atoms with Crippen LogP contribution in [-0.2, 0) is 16.6 Å². The molecule has 0 aliphatic carbocycles. The van der Waals surface area contributed by atoms with E-state index in [1.165, 1.54) is 4.31 Å². The molecule has 0 unspecified atom stereocenters. The molecule has 4 aromatic rings. The summed E-state index contributed by atoms with van der Waals surface area (Å²) in [5, 5.41) is 3.31.